The quantitative estimate of drug-likeness (QED) is 0.350. The Labute approximate surface area is 147 Å². The molecule has 0 atom stereocenters. The fourth-order valence-electron chi connectivity index (χ4n) is 2.80. The van der Waals surface area contributed by atoms with Gasteiger partial charge in [0.15, 0.2) is 5.96 Å². The molecule has 3 aromatic rings. The molecule has 0 bridgehead atoms. The maximum Gasteiger partial charge on any atom is 0.191 e. The molecule has 0 unspecified atom stereocenters. The maximum atomic E-state index is 4.61. The molecule has 132 valence electrons. The molecule has 0 amide bonds. The predicted molar refractivity (Wildman–Crippen MR) is 100 cm³/mol. The van der Waals surface area contributed by atoms with Gasteiger partial charge < -0.3 is 15.2 Å². The number of hydrogen-bond donors (Lipinski definition) is 3. The number of imidazole rings is 1. The first-order chi connectivity index (χ1) is 12.3. The number of benzene rings is 1. The van der Waals surface area contributed by atoms with Gasteiger partial charge in [0.2, 0.25) is 0 Å². The molecule has 0 aliphatic heterocycles. The van der Waals surface area contributed by atoms with Crippen LogP contribution in [0.2, 0.25) is 0 Å². The van der Waals surface area contributed by atoms with Crippen molar-refractivity contribution in [1.82, 2.24) is 30.4 Å². The van der Waals surface area contributed by atoms with Crippen LogP contribution in [0.25, 0.3) is 11.0 Å². The molecule has 3 N–H and O–H groups in total. The Morgan fingerprint density at radius 3 is 2.92 bits per heavy atom. The molecular weight excluding hydrogens is 314 g/mol. The number of nitrogens with zero attached hydrogens (tertiary/aromatic N) is 4. The van der Waals surface area contributed by atoms with Crippen LogP contribution in [0.15, 0.2) is 41.5 Å². The van der Waals surface area contributed by atoms with E-state index in [0.29, 0.717) is 6.54 Å². The molecular formula is C18H25N7. The predicted octanol–water partition coefficient (Wildman–Crippen LogP) is 2.21. The van der Waals surface area contributed by atoms with Crippen molar-refractivity contribution in [3.63, 3.8) is 0 Å². The molecule has 0 radical (unpaired) electrons. The topological polar surface area (TPSA) is 82.9 Å². The summed E-state index contributed by atoms with van der Waals surface area (Å²) in [4.78, 5) is 9.17. The zero-order chi connectivity index (χ0) is 17.5. The Kier molecular flexibility index (Phi) is 5.66. The average molecular weight is 339 g/mol. The number of aromatic nitrogens is 4. The summed E-state index contributed by atoms with van der Waals surface area (Å²) in [7, 11) is 0. The highest BCUT2D eigenvalue weighted by atomic mass is 15.2. The second kappa shape index (κ2) is 8.32. The van der Waals surface area contributed by atoms with Gasteiger partial charge in [0.25, 0.3) is 0 Å². The Morgan fingerprint density at radius 1 is 1.24 bits per heavy atom. The van der Waals surface area contributed by atoms with E-state index in [2.05, 4.69) is 67.4 Å². The van der Waals surface area contributed by atoms with E-state index in [1.807, 2.05) is 12.1 Å². The first-order valence-electron chi connectivity index (χ1n) is 8.70. The molecule has 7 nitrogen and oxygen atoms in total. The molecule has 25 heavy (non-hydrogen) atoms. The Balaban J connectivity index is 1.53. The van der Waals surface area contributed by atoms with E-state index in [1.165, 1.54) is 5.52 Å². The zero-order valence-corrected chi connectivity index (χ0v) is 14.8. The van der Waals surface area contributed by atoms with Gasteiger partial charge >= 0.3 is 0 Å². The number of guanidine groups is 1. The van der Waals surface area contributed by atoms with Crippen molar-refractivity contribution in [2.75, 3.05) is 13.1 Å². The minimum absolute atomic E-state index is 0.584. The molecule has 2 heterocycles. The summed E-state index contributed by atoms with van der Waals surface area (Å²) >= 11 is 0. The van der Waals surface area contributed by atoms with Crippen molar-refractivity contribution in [3.05, 3.63) is 48.0 Å². The third-order valence-corrected chi connectivity index (χ3v) is 4.01. The van der Waals surface area contributed by atoms with Crippen molar-refractivity contribution in [2.45, 2.75) is 33.4 Å². The number of para-hydroxylation sites is 2. The number of aliphatic imine (C=N–C) groups is 1. The average Bonchev–Trinajstić information content (AvgIpc) is 3.24. The normalized spacial score (nSPS) is 11.8. The van der Waals surface area contributed by atoms with E-state index in [1.54, 1.807) is 6.20 Å². The van der Waals surface area contributed by atoms with Crippen LogP contribution >= 0.6 is 0 Å². The van der Waals surface area contributed by atoms with Crippen molar-refractivity contribution in [1.29, 1.82) is 0 Å². The van der Waals surface area contributed by atoms with Gasteiger partial charge in [0.1, 0.15) is 5.82 Å². The number of rotatable bonds is 7. The van der Waals surface area contributed by atoms with Crippen LogP contribution in [0.5, 0.6) is 0 Å². The summed E-state index contributed by atoms with van der Waals surface area (Å²) in [6, 6.07) is 10.2. The van der Waals surface area contributed by atoms with Gasteiger partial charge in [-0.25, -0.2) is 9.98 Å². The lowest BCUT2D eigenvalue weighted by molar-refractivity contribution is 0.624. The Hall–Kier alpha value is -2.83. The third kappa shape index (κ3) is 4.37. The van der Waals surface area contributed by atoms with Crippen LogP contribution in [0.4, 0.5) is 0 Å². The fraction of sp³-hybridized carbons (Fsp3) is 0.389. The van der Waals surface area contributed by atoms with Crippen molar-refractivity contribution < 1.29 is 0 Å². The second-order valence-corrected chi connectivity index (χ2v) is 5.86. The lowest BCUT2D eigenvalue weighted by Crippen LogP contribution is -2.38. The molecule has 1 aromatic carbocycles. The maximum absolute atomic E-state index is 4.61. The van der Waals surface area contributed by atoms with Gasteiger partial charge in [-0.2, -0.15) is 5.10 Å². The van der Waals surface area contributed by atoms with E-state index >= 15 is 0 Å². The molecule has 0 spiro atoms. The van der Waals surface area contributed by atoms with Gasteiger partial charge in [-0.15, -0.1) is 0 Å². The lowest BCUT2D eigenvalue weighted by atomic mass is 10.3. The molecule has 0 saturated heterocycles. The summed E-state index contributed by atoms with van der Waals surface area (Å²) in [5, 5.41) is 13.5. The summed E-state index contributed by atoms with van der Waals surface area (Å²) < 4.78 is 2.27. The first-order valence-corrected chi connectivity index (χ1v) is 8.70. The lowest BCUT2D eigenvalue weighted by Gasteiger charge is -2.12. The second-order valence-electron chi connectivity index (χ2n) is 5.86. The SMILES string of the molecule is CCNC(=NCc1ccn[nH]1)NCCCn1c(C)nc2ccccc21. The number of aryl methyl sites for hydroxylation is 2. The summed E-state index contributed by atoms with van der Waals surface area (Å²) in [6.45, 7) is 7.32. The largest absolute Gasteiger partial charge is 0.357 e. The molecule has 7 heteroatoms. The van der Waals surface area contributed by atoms with Gasteiger partial charge in [-0.1, -0.05) is 12.1 Å². The van der Waals surface area contributed by atoms with Crippen LogP contribution in [-0.4, -0.2) is 38.8 Å². The van der Waals surface area contributed by atoms with Crippen molar-refractivity contribution in [3.8, 4) is 0 Å². The summed E-state index contributed by atoms with van der Waals surface area (Å²) in [6.07, 6.45) is 2.73. The van der Waals surface area contributed by atoms with E-state index in [-0.39, 0.29) is 0 Å². The van der Waals surface area contributed by atoms with E-state index in [0.717, 1.165) is 49.0 Å². The number of hydrogen-bond acceptors (Lipinski definition) is 3. The van der Waals surface area contributed by atoms with Crippen LogP contribution in [0.3, 0.4) is 0 Å². The van der Waals surface area contributed by atoms with E-state index in [4.69, 9.17) is 0 Å². The summed E-state index contributed by atoms with van der Waals surface area (Å²) in [5.74, 6) is 1.88. The van der Waals surface area contributed by atoms with Gasteiger partial charge in [0, 0.05) is 25.8 Å². The van der Waals surface area contributed by atoms with Crippen LogP contribution in [-0.2, 0) is 13.1 Å². The van der Waals surface area contributed by atoms with Gasteiger partial charge in [0.05, 0.1) is 23.3 Å². The van der Waals surface area contributed by atoms with Crippen molar-refractivity contribution >= 4 is 17.0 Å². The van der Waals surface area contributed by atoms with Crippen LogP contribution in [0, 0.1) is 6.92 Å². The fourth-order valence-corrected chi connectivity index (χ4v) is 2.80. The molecule has 0 saturated carbocycles. The first kappa shape index (κ1) is 17.0. The highest BCUT2D eigenvalue weighted by Crippen LogP contribution is 2.15. The van der Waals surface area contributed by atoms with Gasteiger partial charge in [-0.05, 0) is 38.5 Å². The standard InChI is InChI=1S/C18H25N7/c1-3-19-18(21-13-15-9-11-22-24-15)20-10-6-12-25-14(2)23-16-7-4-5-8-17(16)25/h4-5,7-9,11H,3,6,10,12-13H2,1-2H3,(H,22,24)(H2,19,20,21). The summed E-state index contributed by atoms with van der Waals surface area (Å²) in [5.41, 5.74) is 3.25. The third-order valence-electron chi connectivity index (χ3n) is 4.01. The minimum atomic E-state index is 0.584. The number of H-pyrrole nitrogens is 1. The zero-order valence-electron chi connectivity index (χ0n) is 14.8. The molecule has 0 fully saturated rings. The highest BCUT2D eigenvalue weighted by molar-refractivity contribution is 5.79. The molecule has 3 rings (SSSR count). The minimum Gasteiger partial charge on any atom is -0.357 e. The smallest absolute Gasteiger partial charge is 0.191 e. The molecule has 0 aliphatic carbocycles. The number of aromatic amines is 1. The number of nitrogens with one attached hydrogen (secondary N) is 3. The Morgan fingerprint density at radius 2 is 2.12 bits per heavy atom. The van der Waals surface area contributed by atoms with Crippen LogP contribution in [0.1, 0.15) is 24.9 Å². The van der Waals surface area contributed by atoms with Gasteiger partial charge in [-0.3, -0.25) is 5.10 Å². The Bertz CT molecular complexity index is 817. The monoisotopic (exact) mass is 339 g/mol. The van der Waals surface area contributed by atoms with Crippen LogP contribution < -0.4 is 10.6 Å². The van der Waals surface area contributed by atoms with Crippen molar-refractivity contribution in [2.24, 2.45) is 4.99 Å². The van der Waals surface area contributed by atoms with E-state index < -0.39 is 0 Å². The molecule has 2 aromatic heterocycles. The van der Waals surface area contributed by atoms with E-state index in [9.17, 15) is 0 Å². The molecule has 0 aliphatic rings. The highest BCUT2D eigenvalue weighted by Gasteiger charge is 2.06. The number of fused-ring (bicyclic) bond motifs is 1.